The Bertz CT molecular complexity index is 555. The second-order valence-corrected chi connectivity index (χ2v) is 4.30. The number of aliphatic hydroxyl groups is 1. The quantitative estimate of drug-likeness (QED) is 0.938. The van der Waals surface area contributed by atoms with Crippen molar-refractivity contribution < 1.29 is 13.9 Å². The first-order chi connectivity index (χ1) is 8.54. The Morgan fingerprint density at radius 2 is 1.83 bits per heavy atom. The minimum atomic E-state index is -2.79. The van der Waals surface area contributed by atoms with Gasteiger partial charge in [0, 0.05) is 10.6 Å². The highest BCUT2D eigenvalue weighted by molar-refractivity contribution is 6.31. The summed E-state index contributed by atoms with van der Waals surface area (Å²) in [4.78, 5) is 0. The number of nitrogens with zero attached hydrogens (tertiary/aromatic N) is 2. The number of hydrogen-bond acceptors (Lipinski definition) is 2. The second-order valence-electron chi connectivity index (χ2n) is 3.50. The molecule has 0 atom stereocenters. The molecule has 0 unspecified atom stereocenters. The zero-order valence-corrected chi connectivity index (χ0v) is 10.5. The van der Waals surface area contributed by atoms with Gasteiger partial charge in [0.2, 0.25) is 0 Å². The molecule has 2 aromatic rings. The Morgan fingerprint density at radius 1 is 1.22 bits per heavy atom. The minimum absolute atomic E-state index is 0.0323. The average Bonchev–Trinajstić information content (AvgIpc) is 2.67. The van der Waals surface area contributed by atoms with Crippen LogP contribution in [0.5, 0.6) is 0 Å². The Hall–Kier alpha value is -1.17. The molecule has 1 aromatic carbocycles. The van der Waals surface area contributed by atoms with Gasteiger partial charge >= 0.3 is 0 Å². The van der Waals surface area contributed by atoms with Gasteiger partial charge in [-0.15, -0.1) is 0 Å². The molecular formula is C11H8Cl2F2N2O. The monoisotopic (exact) mass is 292 g/mol. The summed E-state index contributed by atoms with van der Waals surface area (Å²) in [6.07, 6.45) is -2.79. The average molecular weight is 293 g/mol. The van der Waals surface area contributed by atoms with E-state index in [9.17, 15) is 8.78 Å². The molecule has 0 saturated carbocycles. The molecule has 7 heteroatoms. The standard InChI is InChI=1S/C11H8Cl2F2N2O/c12-6-1-3-7(4-2-6)17-10(13)8(5-18)9(16-17)11(14)15/h1-4,11,18H,5H2. The second kappa shape index (κ2) is 5.22. The summed E-state index contributed by atoms with van der Waals surface area (Å²) < 4.78 is 26.6. The van der Waals surface area contributed by atoms with Gasteiger partial charge in [0.15, 0.2) is 0 Å². The van der Waals surface area contributed by atoms with Crippen LogP contribution in [-0.4, -0.2) is 14.9 Å². The third-order valence-corrected chi connectivity index (χ3v) is 3.03. The van der Waals surface area contributed by atoms with Gasteiger partial charge in [-0.1, -0.05) is 23.2 Å². The molecule has 0 bridgehead atoms. The molecule has 0 spiro atoms. The molecule has 0 aliphatic carbocycles. The number of benzene rings is 1. The molecule has 3 nitrogen and oxygen atoms in total. The topological polar surface area (TPSA) is 38.1 Å². The first kappa shape index (κ1) is 13.3. The molecule has 2 rings (SSSR count). The van der Waals surface area contributed by atoms with Gasteiger partial charge in [-0.05, 0) is 24.3 Å². The Kier molecular flexibility index (Phi) is 3.85. The van der Waals surface area contributed by atoms with E-state index in [1.54, 1.807) is 24.3 Å². The predicted molar refractivity (Wildman–Crippen MR) is 64.5 cm³/mol. The van der Waals surface area contributed by atoms with Crippen LogP contribution in [0.1, 0.15) is 17.7 Å². The van der Waals surface area contributed by atoms with Crippen LogP contribution in [-0.2, 0) is 6.61 Å². The molecule has 0 aliphatic heterocycles. The van der Waals surface area contributed by atoms with Gasteiger partial charge in [0.1, 0.15) is 10.8 Å². The van der Waals surface area contributed by atoms with Crippen molar-refractivity contribution in [1.82, 2.24) is 9.78 Å². The van der Waals surface area contributed by atoms with Crippen LogP contribution in [0.2, 0.25) is 10.2 Å². The van der Waals surface area contributed by atoms with Crippen LogP contribution in [0, 0.1) is 0 Å². The summed E-state index contributed by atoms with van der Waals surface area (Å²) in [7, 11) is 0. The van der Waals surface area contributed by atoms with Gasteiger partial charge < -0.3 is 5.11 Å². The lowest BCUT2D eigenvalue weighted by Crippen LogP contribution is -1.97. The largest absolute Gasteiger partial charge is 0.391 e. The van der Waals surface area contributed by atoms with Crippen molar-refractivity contribution >= 4 is 23.2 Å². The fourth-order valence-corrected chi connectivity index (χ4v) is 1.94. The fourth-order valence-electron chi connectivity index (χ4n) is 1.52. The number of alkyl halides is 2. The first-order valence-electron chi connectivity index (χ1n) is 4.97. The van der Waals surface area contributed by atoms with E-state index in [1.165, 1.54) is 0 Å². The predicted octanol–water partition coefficient (Wildman–Crippen LogP) is 3.61. The van der Waals surface area contributed by atoms with Crippen molar-refractivity contribution in [1.29, 1.82) is 0 Å². The number of rotatable bonds is 3. The molecule has 1 heterocycles. The van der Waals surface area contributed by atoms with Gasteiger partial charge in [-0.2, -0.15) is 5.10 Å². The number of halogens is 4. The van der Waals surface area contributed by atoms with Crippen molar-refractivity contribution in [3.63, 3.8) is 0 Å². The van der Waals surface area contributed by atoms with Crippen LogP contribution in [0.3, 0.4) is 0 Å². The van der Waals surface area contributed by atoms with Gasteiger partial charge in [-0.3, -0.25) is 0 Å². The maximum absolute atomic E-state index is 12.7. The van der Waals surface area contributed by atoms with E-state index in [2.05, 4.69) is 5.10 Å². The minimum Gasteiger partial charge on any atom is -0.391 e. The number of aromatic nitrogens is 2. The van der Waals surface area contributed by atoms with Crippen molar-refractivity contribution in [2.75, 3.05) is 0 Å². The summed E-state index contributed by atoms with van der Waals surface area (Å²) in [5.41, 5.74) is -0.0925. The lowest BCUT2D eigenvalue weighted by Gasteiger charge is -2.02. The number of hydrogen-bond donors (Lipinski definition) is 1. The van der Waals surface area contributed by atoms with E-state index >= 15 is 0 Å². The molecular weight excluding hydrogens is 285 g/mol. The highest BCUT2D eigenvalue weighted by Crippen LogP contribution is 2.30. The molecule has 0 aliphatic rings. The zero-order chi connectivity index (χ0) is 13.3. The van der Waals surface area contributed by atoms with E-state index in [4.69, 9.17) is 28.3 Å². The first-order valence-corrected chi connectivity index (χ1v) is 5.72. The van der Waals surface area contributed by atoms with Gasteiger partial charge in [-0.25, -0.2) is 13.5 Å². The summed E-state index contributed by atoms with van der Waals surface area (Å²) in [5.74, 6) is 0. The number of aliphatic hydroxyl groups excluding tert-OH is 1. The Balaban J connectivity index is 2.55. The molecule has 0 radical (unpaired) electrons. The van der Waals surface area contributed by atoms with Crippen LogP contribution < -0.4 is 0 Å². The highest BCUT2D eigenvalue weighted by atomic mass is 35.5. The van der Waals surface area contributed by atoms with Crippen LogP contribution >= 0.6 is 23.2 Å². The van der Waals surface area contributed by atoms with E-state index in [-0.39, 0.29) is 10.7 Å². The Morgan fingerprint density at radius 3 is 2.28 bits per heavy atom. The molecule has 96 valence electrons. The lowest BCUT2D eigenvalue weighted by molar-refractivity contribution is 0.141. The third kappa shape index (κ3) is 2.34. The van der Waals surface area contributed by atoms with Gasteiger partial charge in [0.05, 0.1) is 12.3 Å². The maximum Gasteiger partial charge on any atom is 0.282 e. The summed E-state index contributed by atoms with van der Waals surface area (Å²) in [6, 6.07) is 6.38. The molecule has 1 aromatic heterocycles. The smallest absolute Gasteiger partial charge is 0.282 e. The van der Waals surface area contributed by atoms with E-state index in [0.717, 1.165) is 4.68 Å². The van der Waals surface area contributed by atoms with Crippen molar-refractivity contribution in [3.05, 3.63) is 45.7 Å². The van der Waals surface area contributed by atoms with Crippen LogP contribution in [0.15, 0.2) is 24.3 Å². The molecule has 0 fully saturated rings. The van der Waals surface area contributed by atoms with Gasteiger partial charge in [0.25, 0.3) is 6.43 Å². The van der Waals surface area contributed by atoms with E-state index in [1.807, 2.05) is 0 Å². The van der Waals surface area contributed by atoms with Crippen molar-refractivity contribution in [3.8, 4) is 5.69 Å². The summed E-state index contributed by atoms with van der Waals surface area (Å²) >= 11 is 11.7. The molecule has 18 heavy (non-hydrogen) atoms. The SMILES string of the molecule is OCc1c(C(F)F)nn(-c2ccc(Cl)cc2)c1Cl. The van der Waals surface area contributed by atoms with Crippen molar-refractivity contribution in [2.24, 2.45) is 0 Å². The third-order valence-electron chi connectivity index (χ3n) is 2.39. The highest BCUT2D eigenvalue weighted by Gasteiger charge is 2.23. The molecule has 0 amide bonds. The maximum atomic E-state index is 12.7. The fraction of sp³-hybridized carbons (Fsp3) is 0.182. The summed E-state index contributed by atoms with van der Waals surface area (Å²) in [5, 5.41) is 13.3. The van der Waals surface area contributed by atoms with Crippen molar-refractivity contribution in [2.45, 2.75) is 13.0 Å². The molecule has 1 N–H and O–H groups in total. The lowest BCUT2D eigenvalue weighted by atomic mass is 10.2. The van der Waals surface area contributed by atoms with Crippen LogP contribution in [0.4, 0.5) is 8.78 Å². The zero-order valence-electron chi connectivity index (χ0n) is 8.95. The van der Waals surface area contributed by atoms with E-state index < -0.39 is 18.7 Å². The summed E-state index contributed by atoms with van der Waals surface area (Å²) in [6.45, 7) is -0.591. The molecule has 0 saturated heterocycles. The van der Waals surface area contributed by atoms with E-state index in [0.29, 0.717) is 10.7 Å². The van der Waals surface area contributed by atoms with Crippen LogP contribution in [0.25, 0.3) is 5.69 Å². The Labute approximate surface area is 112 Å². The normalized spacial score (nSPS) is 11.2.